The minimum atomic E-state index is -1.00. The molecule has 1 rings (SSSR count). The molecule has 1 heterocycles. The van der Waals surface area contributed by atoms with Crippen molar-refractivity contribution in [3.05, 3.63) is 24.5 Å². The van der Waals surface area contributed by atoms with Crippen molar-refractivity contribution in [2.24, 2.45) is 5.92 Å². The van der Waals surface area contributed by atoms with Crippen LogP contribution < -0.4 is 4.90 Å². The van der Waals surface area contributed by atoms with Crippen molar-refractivity contribution in [3.63, 3.8) is 0 Å². The lowest BCUT2D eigenvalue weighted by Gasteiger charge is -2.28. The molecule has 5 nitrogen and oxygen atoms in total. The zero-order valence-corrected chi connectivity index (χ0v) is 9.91. The first kappa shape index (κ1) is 13.2. The fourth-order valence-electron chi connectivity index (χ4n) is 1.65. The Morgan fingerprint density at radius 3 is 2.76 bits per heavy atom. The maximum atomic E-state index is 11.3. The molecule has 0 aromatic carbocycles. The molecule has 1 aromatic rings. The number of aliphatic carboxylic acids is 1. The largest absolute Gasteiger partial charge is 0.480 e. The van der Waals surface area contributed by atoms with Crippen LogP contribution in [0.3, 0.4) is 0 Å². The van der Waals surface area contributed by atoms with Gasteiger partial charge in [-0.2, -0.15) is 0 Å². The fraction of sp³-hybridized carbons (Fsp3) is 0.417. The Labute approximate surface area is 100 Å². The molecule has 0 bridgehead atoms. The molecule has 0 saturated heterocycles. The van der Waals surface area contributed by atoms with Gasteiger partial charge in [0.05, 0.1) is 11.9 Å². The van der Waals surface area contributed by atoms with Crippen LogP contribution in [-0.4, -0.2) is 28.5 Å². The number of amides is 1. The number of anilines is 1. The molecule has 92 valence electrons. The smallest absolute Gasteiger partial charge is 0.327 e. The third-order valence-corrected chi connectivity index (χ3v) is 2.79. The van der Waals surface area contributed by atoms with Gasteiger partial charge < -0.3 is 5.11 Å². The van der Waals surface area contributed by atoms with Crippen molar-refractivity contribution in [1.82, 2.24) is 4.98 Å². The van der Waals surface area contributed by atoms with Gasteiger partial charge in [0.25, 0.3) is 0 Å². The highest BCUT2D eigenvalue weighted by Gasteiger charge is 2.30. The topological polar surface area (TPSA) is 70.5 Å². The average Bonchev–Trinajstić information content (AvgIpc) is 2.35. The van der Waals surface area contributed by atoms with Gasteiger partial charge in [-0.25, -0.2) is 4.79 Å². The lowest BCUT2D eigenvalue weighted by Crippen LogP contribution is -2.45. The number of hydrogen-bond acceptors (Lipinski definition) is 3. The molecule has 0 radical (unpaired) electrons. The number of hydrogen-bond donors (Lipinski definition) is 1. The lowest BCUT2D eigenvalue weighted by molar-refractivity contribution is -0.140. The summed E-state index contributed by atoms with van der Waals surface area (Å²) in [4.78, 5) is 27.5. The van der Waals surface area contributed by atoms with E-state index >= 15 is 0 Å². The standard InChI is InChI=1S/C12H16N2O3/c1-3-9(2)11(12(16)17)14(8-15)10-5-4-6-13-7-10/h4-9,11H,3H2,1-2H3,(H,16,17). The number of carboxylic acid groups (broad SMARTS) is 1. The van der Waals surface area contributed by atoms with E-state index in [1.165, 1.54) is 11.1 Å². The summed E-state index contributed by atoms with van der Waals surface area (Å²) in [5.41, 5.74) is 0.496. The van der Waals surface area contributed by atoms with Crippen molar-refractivity contribution in [3.8, 4) is 0 Å². The third-order valence-electron chi connectivity index (χ3n) is 2.79. The second-order valence-corrected chi connectivity index (χ2v) is 3.89. The van der Waals surface area contributed by atoms with Gasteiger partial charge in [-0.1, -0.05) is 20.3 Å². The zero-order chi connectivity index (χ0) is 12.8. The Bertz CT molecular complexity index is 381. The second kappa shape index (κ2) is 5.98. The Balaban J connectivity index is 3.06. The van der Waals surface area contributed by atoms with E-state index in [4.69, 9.17) is 0 Å². The van der Waals surface area contributed by atoms with E-state index in [-0.39, 0.29) is 5.92 Å². The molecule has 2 atom stereocenters. The number of carbonyl (C=O) groups is 2. The Kier molecular flexibility index (Phi) is 4.63. The minimum absolute atomic E-state index is 0.127. The number of rotatable bonds is 6. The molecule has 5 heteroatoms. The first-order chi connectivity index (χ1) is 8.11. The van der Waals surface area contributed by atoms with E-state index in [2.05, 4.69) is 4.98 Å². The molecule has 1 aromatic heterocycles. The van der Waals surface area contributed by atoms with E-state index in [1.54, 1.807) is 18.3 Å². The van der Waals surface area contributed by atoms with Crippen LogP contribution >= 0.6 is 0 Å². The summed E-state index contributed by atoms with van der Waals surface area (Å²) in [5.74, 6) is -1.13. The molecule has 0 aliphatic rings. The summed E-state index contributed by atoms with van der Waals surface area (Å²) in [6.07, 6.45) is 4.28. The van der Waals surface area contributed by atoms with Crippen LogP contribution in [0.25, 0.3) is 0 Å². The molecule has 2 unspecified atom stereocenters. The summed E-state index contributed by atoms with van der Waals surface area (Å²) >= 11 is 0. The van der Waals surface area contributed by atoms with E-state index in [9.17, 15) is 14.7 Å². The highest BCUT2D eigenvalue weighted by Crippen LogP contribution is 2.20. The van der Waals surface area contributed by atoms with Crippen LogP contribution in [0.2, 0.25) is 0 Å². The second-order valence-electron chi connectivity index (χ2n) is 3.89. The van der Waals surface area contributed by atoms with Crippen LogP contribution in [-0.2, 0) is 9.59 Å². The minimum Gasteiger partial charge on any atom is -0.480 e. The molecular weight excluding hydrogens is 220 g/mol. The normalized spacial score (nSPS) is 13.8. The molecule has 0 aliphatic carbocycles. The fourth-order valence-corrected chi connectivity index (χ4v) is 1.65. The summed E-state index contributed by atoms with van der Waals surface area (Å²) in [6.45, 7) is 3.71. The Morgan fingerprint density at radius 1 is 1.65 bits per heavy atom. The van der Waals surface area contributed by atoms with Crippen LogP contribution in [0.1, 0.15) is 20.3 Å². The molecule has 0 saturated carbocycles. The van der Waals surface area contributed by atoms with Gasteiger partial charge in [-0.15, -0.1) is 0 Å². The van der Waals surface area contributed by atoms with Crippen LogP contribution in [0.4, 0.5) is 5.69 Å². The predicted molar refractivity (Wildman–Crippen MR) is 63.7 cm³/mol. The van der Waals surface area contributed by atoms with E-state index in [0.29, 0.717) is 18.5 Å². The summed E-state index contributed by atoms with van der Waals surface area (Å²) in [5, 5.41) is 9.22. The van der Waals surface area contributed by atoms with Crippen LogP contribution in [0.5, 0.6) is 0 Å². The summed E-state index contributed by atoms with van der Waals surface area (Å²) in [6, 6.07) is 2.47. The highest BCUT2D eigenvalue weighted by atomic mass is 16.4. The van der Waals surface area contributed by atoms with Crippen molar-refractivity contribution >= 4 is 18.1 Å². The molecule has 0 spiro atoms. The van der Waals surface area contributed by atoms with E-state index < -0.39 is 12.0 Å². The zero-order valence-electron chi connectivity index (χ0n) is 9.91. The van der Waals surface area contributed by atoms with Gasteiger partial charge in [0, 0.05) is 6.20 Å². The van der Waals surface area contributed by atoms with Crippen molar-refractivity contribution in [2.75, 3.05) is 4.90 Å². The molecule has 1 N–H and O–H groups in total. The van der Waals surface area contributed by atoms with Crippen LogP contribution in [0, 0.1) is 5.92 Å². The number of carbonyl (C=O) groups excluding carboxylic acids is 1. The van der Waals surface area contributed by atoms with Gasteiger partial charge in [0.15, 0.2) is 0 Å². The van der Waals surface area contributed by atoms with Gasteiger partial charge in [-0.3, -0.25) is 14.7 Å². The first-order valence-electron chi connectivity index (χ1n) is 5.48. The molecular formula is C12H16N2O3. The lowest BCUT2D eigenvalue weighted by atomic mass is 9.97. The Morgan fingerprint density at radius 2 is 2.35 bits per heavy atom. The number of pyridine rings is 1. The summed E-state index contributed by atoms with van der Waals surface area (Å²) in [7, 11) is 0. The monoisotopic (exact) mass is 236 g/mol. The third kappa shape index (κ3) is 3.03. The van der Waals surface area contributed by atoms with Crippen molar-refractivity contribution < 1.29 is 14.7 Å². The average molecular weight is 236 g/mol. The maximum absolute atomic E-state index is 11.3. The summed E-state index contributed by atoms with van der Waals surface area (Å²) < 4.78 is 0. The molecule has 1 amide bonds. The van der Waals surface area contributed by atoms with E-state index in [0.717, 1.165) is 0 Å². The first-order valence-corrected chi connectivity index (χ1v) is 5.48. The van der Waals surface area contributed by atoms with Gasteiger partial charge in [-0.05, 0) is 18.1 Å². The number of nitrogens with zero attached hydrogens (tertiary/aromatic N) is 2. The predicted octanol–water partition coefficient (Wildman–Crippen LogP) is 1.54. The van der Waals surface area contributed by atoms with Crippen LogP contribution in [0.15, 0.2) is 24.5 Å². The van der Waals surface area contributed by atoms with Crippen molar-refractivity contribution in [1.29, 1.82) is 0 Å². The number of aromatic nitrogens is 1. The van der Waals surface area contributed by atoms with Gasteiger partial charge >= 0.3 is 5.97 Å². The Hall–Kier alpha value is -1.91. The maximum Gasteiger partial charge on any atom is 0.327 e. The van der Waals surface area contributed by atoms with E-state index in [1.807, 2.05) is 13.8 Å². The van der Waals surface area contributed by atoms with Gasteiger partial charge in [0.1, 0.15) is 6.04 Å². The SMILES string of the molecule is CCC(C)C(C(=O)O)N(C=O)c1cccnc1. The number of carboxylic acids is 1. The highest BCUT2D eigenvalue weighted by molar-refractivity contribution is 5.88. The quantitative estimate of drug-likeness (QED) is 0.760. The molecule has 0 fully saturated rings. The van der Waals surface area contributed by atoms with Crippen molar-refractivity contribution in [2.45, 2.75) is 26.3 Å². The molecule has 17 heavy (non-hydrogen) atoms. The molecule has 0 aliphatic heterocycles. The van der Waals surface area contributed by atoms with Gasteiger partial charge in [0.2, 0.25) is 6.41 Å².